The van der Waals surface area contributed by atoms with Gasteiger partial charge in [0.1, 0.15) is 18.1 Å². The van der Waals surface area contributed by atoms with Gasteiger partial charge < -0.3 is 14.8 Å². The van der Waals surface area contributed by atoms with E-state index in [1.165, 1.54) is 11.8 Å². The molecule has 0 atom stereocenters. The van der Waals surface area contributed by atoms with Crippen LogP contribution in [0.5, 0.6) is 11.5 Å². The van der Waals surface area contributed by atoms with Crippen molar-refractivity contribution in [3.05, 3.63) is 89.2 Å². The van der Waals surface area contributed by atoms with Gasteiger partial charge in [-0.2, -0.15) is 0 Å². The van der Waals surface area contributed by atoms with Crippen LogP contribution in [0.1, 0.15) is 11.4 Å². The van der Waals surface area contributed by atoms with Gasteiger partial charge in [-0.05, 0) is 61.0 Å². The predicted octanol–water partition coefficient (Wildman–Crippen LogP) is 5.55. The Balaban J connectivity index is 1.48. The number of benzene rings is 3. The van der Waals surface area contributed by atoms with Gasteiger partial charge in [0.25, 0.3) is 0 Å². The van der Waals surface area contributed by atoms with Crippen molar-refractivity contribution in [1.29, 1.82) is 0 Å². The zero-order valence-corrected chi connectivity index (χ0v) is 20.3. The Labute approximate surface area is 207 Å². The molecule has 4 rings (SSSR count). The lowest BCUT2D eigenvalue weighted by Gasteiger charge is -2.12. The third kappa shape index (κ3) is 5.70. The lowest BCUT2D eigenvalue weighted by molar-refractivity contribution is -0.113. The monoisotopic (exact) mass is 494 g/mol. The van der Waals surface area contributed by atoms with E-state index in [0.29, 0.717) is 27.4 Å². The maximum Gasteiger partial charge on any atom is 0.234 e. The maximum absolute atomic E-state index is 12.6. The number of para-hydroxylation sites is 1. The quantitative estimate of drug-likeness (QED) is 0.307. The van der Waals surface area contributed by atoms with Crippen molar-refractivity contribution in [2.45, 2.75) is 18.7 Å². The summed E-state index contributed by atoms with van der Waals surface area (Å²) in [5, 5.41) is 12.7. The van der Waals surface area contributed by atoms with E-state index in [1.54, 1.807) is 19.2 Å². The van der Waals surface area contributed by atoms with Crippen molar-refractivity contribution in [3.8, 4) is 17.2 Å². The second-order valence-electron chi connectivity index (χ2n) is 7.28. The van der Waals surface area contributed by atoms with Crippen LogP contribution < -0.4 is 14.8 Å². The molecule has 0 unspecified atom stereocenters. The van der Waals surface area contributed by atoms with Gasteiger partial charge in [-0.1, -0.05) is 47.6 Å². The molecule has 0 radical (unpaired) electrons. The summed E-state index contributed by atoms with van der Waals surface area (Å²) < 4.78 is 13.0. The number of halogens is 1. The van der Waals surface area contributed by atoms with E-state index >= 15 is 0 Å². The van der Waals surface area contributed by atoms with Crippen molar-refractivity contribution < 1.29 is 14.3 Å². The highest BCUT2D eigenvalue weighted by Gasteiger charge is 2.17. The summed E-state index contributed by atoms with van der Waals surface area (Å²) >= 11 is 7.45. The van der Waals surface area contributed by atoms with E-state index in [9.17, 15) is 4.79 Å². The zero-order chi connectivity index (χ0) is 23.9. The Hall–Kier alpha value is -3.49. The third-order valence-electron chi connectivity index (χ3n) is 5.02. The summed E-state index contributed by atoms with van der Waals surface area (Å²) in [5.41, 5.74) is 2.40. The fraction of sp³-hybridized carbons (Fsp3) is 0.160. The molecule has 0 spiro atoms. The highest BCUT2D eigenvalue weighted by molar-refractivity contribution is 7.99. The van der Waals surface area contributed by atoms with Gasteiger partial charge in [-0.25, -0.2) is 0 Å². The molecule has 7 nitrogen and oxygen atoms in total. The Morgan fingerprint density at radius 1 is 1.00 bits per heavy atom. The van der Waals surface area contributed by atoms with Crippen LogP contribution in [-0.4, -0.2) is 33.5 Å². The molecule has 0 saturated heterocycles. The number of thioether (sulfide) groups is 1. The number of aromatic nitrogens is 3. The van der Waals surface area contributed by atoms with Crippen LogP contribution in [0, 0.1) is 6.92 Å². The van der Waals surface area contributed by atoms with Gasteiger partial charge in [0, 0.05) is 16.4 Å². The second kappa shape index (κ2) is 11.1. The van der Waals surface area contributed by atoms with Gasteiger partial charge in [-0.3, -0.25) is 9.36 Å². The molecule has 0 aliphatic heterocycles. The van der Waals surface area contributed by atoms with E-state index in [0.717, 1.165) is 17.0 Å². The summed E-state index contributed by atoms with van der Waals surface area (Å²) in [7, 11) is 1.62. The SMILES string of the molecule is COc1ccc(OCc2nnc(SCC(=O)Nc3cccc(Cl)c3C)n2-c2ccccc2)cc1. The summed E-state index contributed by atoms with van der Waals surface area (Å²) in [6.07, 6.45) is 0. The predicted molar refractivity (Wildman–Crippen MR) is 134 cm³/mol. The number of carbonyl (C=O) groups is 1. The minimum absolute atomic E-state index is 0.158. The Morgan fingerprint density at radius 3 is 2.47 bits per heavy atom. The summed E-state index contributed by atoms with van der Waals surface area (Å²) in [6.45, 7) is 2.08. The first kappa shape index (κ1) is 23.7. The number of anilines is 1. The van der Waals surface area contributed by atoms with E-state index in [2.05, 4.69) is 15.5 Å². The summed E-state index contributed by atoms with van der Waals surface area (Å²) in [4.78, 5) is 12.6. The molecular formula is C25H23ClN4O3S. The molecule has 1 aromatic heterocycles. The highest BCUT2D eigenvalue weighted by atomic mass is 35.5. The number of amides is 1. The third-order valence-corrected chi connectivity index (χ3v) is 6.35. The van der Waals surface area contributed by atoms with E-state index in [1.807, 2.05) is 72.2 Å². The van der Waals surface area contributed by atoms with E-state index < -0.39 is 0 Å². The molecule has 0 fully saturated rings. The number of methoxy groups -OCH3 is 1. The first-order valence-corrected chi connectivity index (χ1v) is 11.9. The van der Waals surface area contributed by atoms with Crippen molar-refractivity contribution in [3.63, 3.8) is 0 Å². The summed E-state index contributed by atoms with van der Waals surface area (Å²) in [5.74, 6) is 2.07. The fourth-order valence-corrected chi connectivity index (χ4v) is 4.15. The minimum Gasteiger partial charge on any atom is -0.497 e. The van der Waals surface area contributed by atoms with Crippen LogP contribution in [-0.2, 0) is 11.4 Å². The lowest BCUT2D eigenvalue weighted by Crippen LogP contribution is -2.15. The van der Waals surface area contributed by atoms with Crippen molar-refractivity contribution >= 4 is 35.0 Å². The van der Waals surface area contributed by atoms with Crippen molar-refractivity contribution in [2.24, 2.45) is 0 Å². The smallest absolute Gasteiger partial charge is 0.234 e. The Morgan fingerprint density at radius 2 is 1.74 bits per heavy atom. The normalized spacial score (nSPS) is 10.7. The van der Waals surface area contributed by atoms with Crippen LogP contribution in [0.3, 0.4) is 0 Å². The Kier molecular flexibility index (Phi) is 7.72. The number of hydrogen-bond donors (Lipinski definition) is 1. The van der Waals surface area contributed by atoms with Gasteiger partial charge in [0.05, 0.1) is 12.9 Å². The number of carbonyl (C=O) groups excluding carboxylic acids is 1. The largest absolute Gasteiger partial charge is 0.497 e. The standard InChI is InChI=1S/C25H23ClN4O3S/c1-17-21(26)9-6-10-22(17)27-24(31)16-34-25-29-28-23(30(25)18-7-4-3-5-8-18)15-33-20-13-11-19(32-2)12-14-20/h3-14H,15-16H2,1-2H3,(H,27,31). The maximum atomic E-state index is 12.6. The van der Waals surface area contributed by atoms with Gasteiger partial charge >= 0.3 is 0 Å². The number of ether oxygens (including phenoxy) is 2. The topological polar surface area (TPSA) is 78.3 Å². The number of rotatable bonds is 9. The van der Waals surface area contributed by atoms with Gasteiger partial charge in [0.2, 0.25) is 5.91 Å². The molecule has 0 bridgehead atoms. The molecule has 9 heteroatoms. The molecule has 1 N–H and O–H groups in total. The lowest BCUT2D eigenvalue weighted by atomic mass is 10.2. The van der Waals surface area contributed by atoms with E-state index in [-0.39, 0.29) is 18.3 Å². The first-order chi connectivity index (χ1) is 16.5. The van der Waals surface area contributed by atoms with Gasteiger partial charge in [0.15, 0.2) is 11.0 Å². The number of nitrogens with zero attached hydrogens (tertiary/aromatic N) is 3. The molecule has 174 valence electrons. The average Bonchev–Trinajstić information content (AvgIpc) is 3.28. The number of hydrogen-bond acceptors (Lipinski definition) is 6. The van der Waals surface area contributed by atoms with Crippen LogP contribution in [0.4, 0.5) is 5.69 Å². The first-order valence-electron chi connectivity index (χ1n) is 10.5. The van der Waals surface area contributed by atoms with Crippen molar-refractivity contribution in [2.75, 3.05) is 18.2 Å². The molecule has 4 aromatic rings. The summed E-state index contributed by atoms with van der Waals surface area (Å²) in [6, 6.07) is 22.5. The molecular weight excluding hydrogens is 472 g/mol. The van der Waals surface area contributed by atoms with Crippen molar-refractivity contribution in [1.82, 2.24) is 14.8 Å². The van der Waals surface area contributed by atoms with E-state index in [4.69, 9.17) is 21.1 Å². The van der Waals surface area contributed by atoms with Crippen LogP contribution in [0.25, 0.3) is 5.69 Å². The second-order valence-corrected chi connectivity index (χ2v) is 8.63. The molecule has 0 aliphatic rings. The minimum atomic E-state index is -0.158. The van der Waals surface area contributed by atoms with Crippen LogP contribution in [0.2, 0.25) is 5.02 Å². The molecule has 1 amide bonds. The number of nitrogens with one attached hydrogen (secondary N) is 1. The molecule has 0 saturated carbocycles. The van der Waals surface area contributed by atoms with Crippen LogP contribution in [0.15, 0.2) is 78.0 Å². The molecule has 1 heterocycles. The highest BCUT2D eigenvalue weighted by Crippen LogP contribution is 2.26. The van der Waals surface area contributed by atoms with Crippen LogP contribution >= 0.6 is 23.4 Å². The Bertz CT molecular complexity index is 1260. The molecule has 34 heavy (non-hydrogen) atoms. The molecule has 3 aromatic carbocycles. The zero-order valence-electron chi connectivity index (χ0n) is 18.7. The molecule has 0 aliphatic carbocycles. The fourth-order valence-electron chi connectivity index (χ4n) is 3.20. The van der Waals surface area contributed by atoms with Gasteiger partial charge in [-0.15, -0.1) is 10.2 Å². The average molecular weight is 495 g/mol.